The van der Waals surface area contributed by atoms with Crippen LogP contribution in [0.15, 0.2) is 22.8 Å². The van der Waals surface area contributed by atoms with Crippen molar-refractivity contribution in [3.8, 4) is 0 Å². The molecule has 1 aromatic rings. The van der Waals surface area contributed by atoms with Crippen LogP contribution >= 0.6 is 0 Å². The zero-order valence-corrected chi connectivity index (χ0v) is 11.2. The minimum atomic E-state index is -0.0364. The van der Waals surface area contributed by atoms with Crippen LogP contribution in [0.3, 0.4) is 0 Å². The third kappa shape index (κ3) is 2.92. The van der Waals surface area contributed by atoms with Crippen molar-refractivity contribution in [3.63, 3.8) is 0 Å². The standard InChI is InChI=1S/C13H23N3O2/c1-13(2,16-5-8-17-9-6-16)12(15-14)10-11-4-3-7-18-11/h3-4,7,12,15H,5-6,8-10,14H2,1-2H3. The van der Waals surface area contributed by atoms with E-state index in [0.717, 1.165) is 38.5 Å². The van der Waals surface area contributed by atoms with Gasteiger partial charge >= 0.3 is 0 Å². The molecule has 5 nitrogen and oxygen atoms in total. The van der Waals surface area contributed by atoms with E-state index in [1.807, 2.05) is 12.1 Å². The van der Waals surface area contributed by atoms with E-state index in [4.69, 9.17) is 15.0 Å². The van der Waals surface area contributed by atoms with Gasteiger partial charge in [0.1, 0.15) is 5.76 Å². The van der Waals surface area contributed by atoms with Gasteiger partial charge in [-0.2, -0.15) is 0 Å². The highest BCUT2D eigenvalue weighted by Crippen LogP contribution is 2.23. The van der Waals surface area contributed by atoms with E-state index in [2.05, 4.69) is 24.2 Å². The number of nitrogens with zero attached hydrogens (tertiary/aromatic N) is 1. The average Bonchev–Trinajstić information content (AvgIpc) is 2.89. The van der Waals surface area contributed by atoms with Crippen molar-refractivity contribution in [2.75, 3.05) is 26.3 Å². The zero-order valence-electron chi connectivity index (χ0n) is 11.2. The summed E-state index contributed by atoms with van der Waals surface area (Å²) in [6.45, 7) is 7.91. The molecule has 3 N–H and O–H groups in total. The molecule has 0 bridgehead atoms. The first kappa shape index (κ1) is 13.5. The fraction of sp³-hybridized carbons (Fsp3) is 0.692. The van der Waals surface area contributed by atoms with Gasteiger partial charge in [0.15, 0.2) is 0 Å². The molecule has 2 heterocycles. The number of furan rings is 1. The quantitative estimate of drug-likeness (QED) is 0.599. The SMILES string of the molecule is CC(C)(C(Cc1ccco1)NN)N1CCOCC1. The maximum Gasteiger partial charge on any atom is 0.105 e. The summed E-state index contributed by atoms with van der Waals surface area (Å²) < 4.78 is 10.8. The number of nitrogens with one attached hydrogen (secondary N) is 1. The lowest BCUT2D eigenvalue weighted by Crippen LogP contribution is -2.62. The van der Waals surface area contributed by atoms with Gasteiger partial charge in [-0.3, -0.25) is 16.2 Å². The number of rotatable bonds is 5. The zero-order chi connectivity index (χ0) is 13.0. The van der Waals surface area contributed by atoms with Crippen molar-refractivity contribution in [1.82, 2.24) is 10.3 Å². The van der Waals surface area contributed by atoms with Crippen LogP contribution in [0.4, 0.5) is 0 Å². The summed E-state index contributed by atoms with van der Waals surface area (Å²) in [4.78, 5) is 2.42. The van der Waals surface area contributed by atoms with Gasteiger partial charge in [-0.1, -0.05) is 0 Å². The molecule has 1 unspecified atom stereocenters. The lowest BCUT2D eigenvalue weighted by molar-refractivity contribution is -0.0238. The van der Waals surface area contributed by atoms with Crippen LogP contribution in [0.25, 0.3) is 0 Å². The highest BCUT2D eigenvalue weighted by Gasteiger charge is 2.36. The first-order valence-electron chi connectivity index (χ1n) is 6.46. The van der Waals surface area contributed by atoms with Gasteiger partial charge in [-0.25, -0.2) is 0 Å². The van der Waals surface area contributed by atoms with E-state index in [0.29, 0.717) is 0 Å². The number of hydrogen-bond acceptors (Lipinski definition) is 5. The second-order valence-corrected chi connectivity index (χ2v) is 5.26. The fourth-order valence-electron chi connectivity index (χ4n) is 2.50. The molecule has 5 heteroatoms. The van der Waals surface area contributed by atoms with E-state index in [9.17, 15) is 0 Å². The number of ether oxygens (including phenoxy) is 1. The van der Waals surface area contributed by atoms with Gasteiger partial charge in [0.25, 0.3) is 0 Å². The second-order valence-electron chi connectivity index (χ2n) is 5.26. The van der Waals surface area contributed by atoms with Crippen LogP contribution in [0.1, 0.15) is 19.6 Å². The van der Waals surface area contributed by atoms with Gasteiger partial charge in [0.05, 0.1) is 19.5 Å². The van der Waals surface area contributed by atoms with Crippen LogP contribution in [-0.4, -0.2) is 42.8 Å². The molecule has 0 amide bonds. The molecule has 2 rings (SSSR count). The molecular weight excluding hydrogens is 230 g/mol. The molecule has 1 atom stereocenters. The Kier molecular flexibility index (Phi) is 4.40. The van der Waals surface area contributed by atoms with Crippen LogP contribution in [-0.2, 0) is 11.2 Å². The van der Waals surface area contributed by atoms with E-state index < -0.39 is 0 Å². The number of hydrazine groups is 1. The third-order valence-corrected chi connectivity index (χ3v) is 3.87. The summed E-state index contributed by atoms with van der Waals surface area (Å²) in [5, 5.41) is 0. The van der Waals surface area contributed by atoms with Gasteiger partial charge in [-0.05, 0) is 26.0 Å². The molecule has 0 spiro atoms. The Morgan fingerprint density at radius 3 is 2.72 bits per heavy atom. The lowest BCUT2D eigenvalue weighted by Gasteiger charge is -2.45. The summed E-state index contributed by atoms with van der Waals surface area (Å²) in [5.74, 6) is 6.69. The minimum Gasteiger partial charge on any atom is -0.469 e. The molecule has 1 fully saturated rings. The van der Waals surface area contributed by atoms with Gasteiger partial charge < -0.3 is 9.15 Å². The predicted molar refractivity (Wildman–Crippen MR) is 70.0 cm³/mol. The monoisotopic (exact) mass is 253 g/mol. The lowest BCUT2D eigenvalue weighted by atomic mass is 9.89. The Balaban J connectivity index is 2.04. The van der Waals surface area contributed by atoms with Crippen molar-refractivity contribution >= 4 is 0 Å². The summed E-state index contributed by atoms with van der Waals surface area (Å²) in [6, 6.07) is 4.03. The van der Waals surface area contributed by atoms with Crippen molar-refractivity contribution in [2.45, 2.75) is 31.8 Å². The molecule has 0 saturated carbocycles. The Morgan fingerprint density at radius 2 is 2.17 bits per heavy atom. The summed E-state index contributed by atoms with van der Waals surface area (Å²) >= 11 is 0. The van der Waals surface area contributed by atoms with Crippen LogP contribution in [0, 0.1) is 0 Å². The van der Waals surface area contributed by atoms with Crippen molar-refractivity contribution in [1.29, 1.82) is 0 Å². The van der Waals surface area contributed by atoms with Crippen LogP contribution in [0.5, 0.6) is 0 Å². The molecule has 0 aliphatic carbocycles. The normalized spacial score (nSPS) is 19.9. The molecule has 0 aromatic carbocycles. The molecule has 1 aromatic heterocycles. The van der Waals surface area contributed by atoms with Crippen LogP contribution in [0.2, 0.25) is 0 Å². The number of nitrogens with two attached hydrogens (primary N) is 1. The summed E-state index contributed by atoms with van der Waals surface area (Å²) in [7, 11) is 0. The highest BCUT2D eigenvalue weighted by atomic mass is 16.5. The Bertz CT molecular complexity index is 345. The Morgan fingerprint density at radius 1 is 1.44 bits per heavy atom. The second kappa shape index (κ2) is 5.84. The van der Waals surface area contributed by atoms with E-state index in [1.165, 1.54) is 0 Å². The van der Waals surface area contributed by atoms with Crippen molar-refractivity contribution in [3.05, 3.63) is 24.2 Å². The van der Waals surface area contributed by atoms with Gasteiger partial charge in [-0.15, -0.1) is 0 Å². The Hall–Kier alpha value is -0.880. The topological polar surface area (TPSA) is 63.7 Å². The number of morpholine rings is 1. The van der Waals surface area contributed by atoms with E-state index >= 15 is 0 Å². The summed E-state index contributed by atoms with van der Waals surface area (Å²) in [5.41, 5.74) is 2.90. The van der Waals surface area contributed by atoms with E-state index in [-0.39, 0.29) is 11.6 Å². The summed E-state index contributed by atoms with van der Waals surface area (Å²) in [6.07, 6.45) is 2.48. The Labute approximate surface area is 108 Å². The molecule has 1 aliphatic rings. The molecule has 102 valence electrons. The predicted octanol–water partition coefficient (Wildman–Crippen LogP) is 0.765. The minimum absolute atomic E-state index is 0.0364. The van der Waals surface area contributed by atoms with Crippen molar-refractivity contribution < 1.29 is 9.15 Å². The maximum absolute atomic E-state index is 5.73. The third-order valence-electron chi connectivity index (χ3n) is 3.87. The fourth-order valence-corrected chi connectivity index (χ4v) is 2.50. The molecule has 1 aliphatic heterocycles. The van der Waals surface area contributed by atoms with Gasteiger partial charge in [0.2, 0.25) is 0 Å². The molecule has 18 heavy (non-hydrogen) atoms. The smallest absolute Gasteiger partial charge is 0.105 e. The number of hydrogen-bond donors (Lipinski definition) is 2. The molecule has 1 saturated heterocycles. The largest absolute Gasteiger partial charge is 0.469 e. The van der Waals surface area contributed by atoms with Crippen molar-refractivity contribution in [2.24, 2.45) is 5.84 Å². The highest BCUT2D eigenvalue weighted by molar-refractivity contribution is 5.05. The van der Waals surface area contributed by atoms with Gasteiger partial charge in [0, 0.05) is 31.1 Å². The van der Waals surface area contributed by atoms with E-state index in [1.54, 1.807) is 6.26 Å². The van der Waals surface area contributed by atoms with Crippen LogP contribution < -0.4 is 11.3 Å². The first-order valence-corrected chi connectivity index (χ1v) is 6.46. The first-order chi connectivity index (χ1) is 8.64. The molecular formula is C13H23N3O2. The average molecular weight is 253 g/mol. The maximum atomic E-state index is 5.73. The molecule has 0 radical (unpaired) electrons.